The molecule has 0 aromatic carbocycles. The van der Waals surface area contributed by atoms with E-state index in [1.165, 1.54) is 11.3 Å². The maximum Gasteiger partial charge on any atom is 0.391 e. The van der Waals surface area contributed by atoms with Crippen molar-refractivity contribution in [2.24, 2.45) is 5.92 Å². The number of alkyl halides is 3. The Bertz CT molecular complexity index is 423. The molecule has 102 valence electrons. The number of rotatable bonds is 4. The van der Waals surface area contributed by atoms with Crippen LogP contribution in [0, 0.1) is 12.8 Å². The maximum absolute atomic E-state index is 12.5. The Labute approximate surface area is 108 Å². The van der Waals surface area contributed by atoms with E-state index in [1.807, 2.05) is 0 Å². The summed E-state index contributed by atoms with van der Waals surface area (Å²) in [5.41, 5.74) is 0.959. The second-order valence-corrected chi connectivity index (χ2v) is 5.05. The van der Waals surface area contributed by atoms with E-state index < -0.39 is 18.1 Å². The van der Waals surface area contributed by atoms with E-state index >= 15 is 0 Å². The number of aryl methyl sites for hydroxylation is 1. The number of carbonyl (C=O) groups is 1. The largest absolute Gasteiger partial charge is 0.462 e. The van der Waals surface area contributed by atoms with Gasteiger partial charge in [0.2, 0.25) is 0 Å². The Morgan fingerprint density at radius 3 is 2.61 bits per heavy atom. The molecule has 1 rings (SSSR count). The summed E-state index contributed by atoms with van der Waals surface area (Å²) in [6.07, 6.45) is -4.43. The van der Waals surface area contributed by atoms with Crippen molar-refractivity contribution in [2.45, 2.75) is 33.4 Å². The first-order chi connectivity index (χ1) is 8.27. The minimum Gasteiger partial charge on any atom is -0.462 e. The topological polar surface area (TPSA) is 26.3 Å². The lowest BCUT2D eigenvalue weighted by Crippen LogP contribution is -2.22. The Morgan fingerprint density at radius 1 is 1.50 bits per heavy atom. The zero-order chi connectivity index (χ0) is 13.9. The van der Waals surface area contributed by atoms with Crippen molar-refractivity contribution in [3.63, 3.8) is 0 Å². The maximum atomic E-state index is 12.5. The van der Waals surface area contributed by atoms with Crippen molar-refractivity contribution in [2.75, 3.05) is 6.61 Å². The standard InChI is InChI=1S/C12H15F3O2S/c1-4-17-11(16)10-7(2)6-18-9(10)5-8(3)12(13,14)15/h6,8H,4-5H2,1-3H3. The first-order valence-corrected chi connectivity index (χ1v) is 6.46. The molecule has 0 radical (unpaired) electrons. The molecule has 6 heteroatoms. The van der Waals surface area contributed by atoms with Gasteiger partial charge in [-0.15, -0.1) is 11.3 Å². The molecule has 0 saturated heterocycles. The highest BCUT2D eigenvalue weighted by atomic mass is 32.1. The van der Waals surface area contributed by atoms with Crippen molar-refractivity contribution in [1.82, 2.24) is 0 Å². The Hall–Kier alpha value is -1.04. The molecule has 0 saturated carbocycles. The smallest absolute Gasteiger partial charge is 0.391 e. The van der Waals surface area contributed by atoms with Crippen LogP contribution in [-0.4, -0.2) is 18.8 Å². The van der Waals surface area contributed by atoms with Gasteiger partial charge in [0.1, 0.15) is 0 Å². The van der Waals surface area contributed by atoms with Crippen molar-refractivity contribution < 1.29 is 22.7 Å². The molecule has 0 spiro atoms. The lowest BCUT2D eigenvalue weighted by atomic mass is 10.0. The normalized spacial score (nSPS) is 13.4. The molecule has 0 aliphatic rings. The molecule has 1 unspecified atom stereocenters. The van der Waals surface area contributed by atoms with Crippen molar-refractivity contribution >= 4 is 17.3 Å². The van der Waals surface area contributed by atoms with Gasteiger partial charge in [-0.2, -0.15) is 13.2 Å². The first-order valence-electron chi connectivity index (χ1n) is 5.58. The molecule has 0 aliphatic heterocycles. The summed E-state index contributed by atoms with van der Waals surface area (Å²) in [5.74, 6) is -2.01. The number of halogens is 3. The number of thiophene rings is 1. The number of hydrogen-bond acceptors (Lipinski definition) is 3. The van der Waals surface area contributed by atoms with E-state index in [9.17, 15) is 18.0 Å². The fraction of sp³-hybridized carbons (Fsp3) is 0.583. The number of carbonyl (C=O) groups excluding carboxylic acids is 1. The lowest BCUT2D eigenvalue weighted by Gasteiger charge is -2.15. The summed E-state index contributed by atoms with van der Waals surface area (Å²) >= 11 is 1.17. The molecule has 0 aliphatic carbocycles. The highest BCUT2D eigenvalue weighted by Gasteiger charge is 2.37. The summed E-state index contributed by atoms with van der Waals surface area (Å²) in [7, 11) is 0. The Kier molecular flexibility index (Phi) is 4.78. The molecule has 0 N–H and O–H groups in total. The molecule has 2 nitrogen and oxygen atoms in total. The second-order valence-electron chi connectivity index (χ2n) is 4.08. The summed E-state index contributed by atoms with van der Waals surface area (Å²) < 4.78 is 42.4. The van der Waals surface area contributed by atoms with Crippen LogP contribution in [0.25, 0.3) is 0 Å². The van der Waals surface area contributed by atoms with Crippen molar-refractivity contribution in [1.29, 1.82) is 0 Å². The van der Waals surface area contributed by atoms with Crippen LogP contribution in [0.3, 0.4) is 0 Å². The summed E-state index contributed by atoms with van der Waals surface area (Å²) in [4.78, 5) is 12.1. The van der Waals surface area contributed by atoms with Gasteiger partial charge in [-0.1, -0.05) is 6.92 Å². The molecule has 0 fully saturated rings. The Balaban J connectivity index is 2.94. The molecule has 18 heavy (non-hydrogen) atoms. The summed E-state index contributed by atoms with van der Waals surface area (Å²) in [6, 6.07) is 0. The van der Waals surface area contributed by atoms with Gasteiger partial charge in [0.05, 0.1) is 18.1 Å². The van der Waals surface area contributed by atoms with Crippen LogP contribution in [0.5, 0.6) is 0 Å². The van der Waals surface area contributed by atoms with Crippen LogP contribution in [0.15, 0.2) is 5.38 Å². The third-order valence-corrected chi connectivity index (χ3v) is 3.71. The van der Waals surface area contributed by atoms with Crippen LogP contribution < -0.4 is 0 Å². The highest BCUT2D eigenvalue weighted by molar-refractivity contribution is 7.10. The van der Waals surface area contributed by atoms with Gasteiger partial charge < -0.3 is 4.74 Å². The van der Waals surface area contributed by atoms with Gasteiger partial charge in [-0.25, -0.2) is 4.79 Å². The summed E-state index contributed by atoms with van der Waals surface area (Å²) in [5, 5.41) is 1.69. The van der Waals surface area contributed by atoms with Crippen molar-refractivity contribution in [3.05, 3.63) is 21.4 Å². The number of ether oxygens (including phenoxy) is 1. The van der Waals surface area contributed by atoms with Gasteiger partial charge in [0.25, 0.3) is 0 Å². The lowest BCUT2D eigenvalue weighted by molar-refractivity contribution is -0.168. The molecular weight excluding hydrogens is 265 g/mol. The zero-order valence-corrected chi connectivity index (χ0v) is 11.2. The summed E-state index contributed by atoms with van der Waals surface area (Å²) in [6.45, 7) is 4.69. The molecule has 1 atom stereocenters. The van der Waals surface area contributed by atoms with Gasteiger partial charge in [-0.3, -0.25) is 0 Å². The third-order valence-electron chi connectivity index (χ3n) is 2.58. The predicted molar refractivity (Wildman–Crippen MR) is 63.9 cm³/mol. The second kappa shape index (κ2) is 5.73. The number of hydrogen-bond donors (Lipinski definition) is 0. The van der Waals surface area contributed by atoms with Crippen LogP contribution in [0.2, 0.25) is 0 Å². The van der Waals surface area contributed by atoms with Crippen LogP contribution >= 0.6 is 11.3 Å². The monoisotopic (exact) mass is 280 g/mol. The molecule has 0 bridgehead atoms. The van der Waals surface area contributed by atoms with Gasteiger partial charge in [-0.05, 0) is 31.2 Å². The van der Waals surface area contributed by atoms with Crippen LogP contribution in [0.4, 0.5) is 13.2 Å². The van der Waals surface area contributed by atoms with E-state index in [1.54, 1.807) is 19.2 Å². The van der Waals surface area contributed by atoms with Gasteiger partial charge in [0, 0.05) is 4.88 Å². The van der Waals surface area contributed by atoms with E-state index in [-0.39, 0.29) is 18.6 Å². The minimum absolute atomic E-state index is 0.184. The minimum atomic E-state index is -4.25. The first kappa shape index (κ1) is 15.0. The molecule has 1 aromatic heterocycles. The fourth-order valence-corrected chi connectivity index (χ4v) is 2.66. The van der Waals surface area contributed by atoms with Crippen molar-refractivity contribution in [3.8, 4) is 0 Å². The highest BCUT2D eigenvalue weighted by Crippen LogP contribution is 2.32. The average molecular weight is 280 g/mol. The van der Waals surface area contributed by atoms with Crippen LogP contribution in [0.1, 0.15) is 34.6 Å². The Morgan fingerprint density at radius 2 is 2.11 bits per heavy atom. The van der Waals surface area contributed by atoms with E-state index in [0.29, 0.717) is 10.4 Å². The third kappa shape index (κ3) is 3.48. The van der Waals surface area contributed by atoms with E-state index in [2.05, 4.69) is 0 Å². The van der Waals surface area contributed by atoms with E-state index in [0.717, 1.165) is 6.92 Å². The average Bonchev–Trinajstić information content (AvgIpc) is 2.58. The predicted octanol–water partition coefficient (Wildman–Crippen LogP) is 3.97. The van der Waals surface area contributed by atoms with Gasteiger partial charge in [0.15, 0.2) is 0 Å². The molecule has 1 aromatic rings. The van der Waals surface area contributed by atoms with E-state index in [4.69, 9.17) is 4.74 Å². The molecule has 0 amide bonds. The fourth-order valence-electron chi connectivity index (χ4n) is 1.52. The zero-order valence-electron chi connectivity index (χ0n) is 10.4. The number of esters is 1. The van der Waals surface area contributed by atoms with Gasteiger partial charge >= 0.3 is 12.1 Å². The molecular formula is C12H15F3O2S. The van der Waals surface area contributed by atoms with Crippen LogP contribution in [-0.2, 0) is 11.2 Å². The SMILES string of the molecule is CCOC(=O)c1c(C)csc1CC(C)C(F)(F)F. The quantitative estimate of drug-likeness (QED) is 0.780. The molecule has 1 heterocycles.